The van der Waals surface area contributed by atoms with Gasteiger partial charge in [0.25, 0.3) is 5.91 Å². The molecule has 0 aliphatic carbocycles. The number of aromatic nitrogens is 1. The van der Waals surface area contributed by atoms with E-state index >= 15 is 0 Å². The third-order valence-electron chi connectivity index (χ3n) is 5.41. The third-order valence-corrected chi connectivity index (χ3v) is 6.18. The lowest BCUT2D eigenvalue weighted by molar-refractivity contribution is 0.0971. The highest BCUT2D eigenvalue weighted by Gasteiger charge is 2.45. The van der Waals surface area contributed by atoms with E-state index in [1.54, 1.807) is 48.0 Å². The standard InChI is InChI=1S/C23H18N2O6S/c1-28-15-10-12(11-16(29-2)20(15)30-3)18-17-19(26)13-6-4-5-7-14(13)31-21(17)22(27)25(18)23-24-8-9-32-23/h4-11,18H,1-3H3/t18-/m0/s1. The number of carbonyl (C=O) groups is 1. The van der Waals surface area contributed by atoms with Crippen LogP contribution in [0.4, 0.5) is 5.13 Å². The first-order valence-corrected chi connectivity index (χ1v) is 10.6. The van der Waals surface area contributed by atoms with Gasteiger partial charge in [-0.1, -0.05) is 12.1 Å². The number of methoxy groups -OCH3 is 3. The summed E-state index contributed by atoms with van der Waals surface area (Å²) in [6, 6.07) is 9.54. The average Bonchev–Trinajstić information content (AvgIpc) is 3.45. The zero-order chi connectivity index (χ0) is 22.4. The number of ether oxygens (including phenoxy) is 3. The Bertz CT molecular complexity index is 1370. The minimum absolute atomic E-state index is 0.00246. The Morgan fingerprint density at radius 2 is 1.75 bits per heavy atom. The molecule has 0 saturated carbocycles. The van der Waals surface area contributed by atoms with E-state index in [0.717, 1.165) is 0 Å². The molecule has 5 rings (SSSR count). The fourth-order valence-corrected chi connectivity index (χ4v) is 4.69. The van der Waals surface area contributed by atoms with Crippen LogP contribution in [0, 0.1) is 0 Å². The maximum absolute atomic E-state index is 13.6. The highest BCUT2D eigenvalue weighted by molar-refractivity contribution is 7.13. The predicted octanol–water partition coefficient (Wildman–Crippen LogP) is 4.03. The molecule has 4 aromatic rings. The number of fused-ring (bicyclic) bond motifs is 2. The summed E-state index contributed by atoms with van der Waals surface area (Å²) >= 11 is 1.29. The van der Waals surface area contributed by atoms with E-state index in [0.29, 0.717) is 38.9 Å². The Morgan fingerprint density at radius 3 is 2.38 bits per heavy atom. The van der Waals surface area contributed by atoms with Crippen LogP contribution in [0.2, 0.25) is 0 Å². The van der Waals surface area contributed by atoms with Crippen LogP contribution in [0.1, 0.15) is 27.7 Å². The molecule has 2 aromatic carbocycles. The second kappa shape index (κ2) is 7.69. The fourth-order valence-electron chi connectivity index (χ4n) is 4.03. The number of thiazole rings is 1. The first-order chi connectivity index (χ1) is 15.6. The lowest BCUT2D eigenvalue weighted by atomic mass is 9.98. The number of benzene rings is 2. The first-order valence-electron chi connectivity index (χ1n) is 9.67. The van der Waals surface area contributed by atoms with Gasteiger partial charge in [0.1, 0.15) is 5.58 Å². The quantitative estimate of drug-likeness (QED) is 0.453. The molecule has 1 aliphatic rings. The summed E-state index contributed by atoms with van der Waals surface area (Å²) in [6.45, 7) is 0. The Labute approximate surface area is 186 Å². The van der Waals surface area contributed by atoms with E-state index in [1.807, 2.05) is 0 Å². The fraction of sp³-hybridized carbons (Fsp3) is 0.174. The molecule has 8 nitrogen and oxygen atoms in total. The lowest BCUT2D eigenvalue weighted by Gasteiger charge is -2.24. The Balaban J connectivity index is 1.83. The van der Waals surface area contributed by atoms with Gasteiger partial charge in [-0.25, -0.2) is 4.98 Å². The van der Waals surface area contributed by atoms with Gasteiger partial charge in [-0.15, -0.1) is 11.3 Å². The largest absolute Gasteiger partial charge is 0.493 e. The molecule has 2 aromatic heterocycles. The van der Waals surface area contributed by atoms with Gasteiger partial charge in [-0.05, 0) is 29.8 Å². The van der Waals surface area contributed by atoms with E-state index in [1.165, 1.54) is 37.6 Å². The van der Waals surface area contributed by atoms with Crippen molar-refractivity contribution in [3.63, 3.8) is 0 Å². The van der Waals surface area contributed by atoms with Gasteiger partial charge in [0.15, 0.2) is 22.1 Å². The summed E-state index contributed by atoms with van der Waals surface area (Å²) in [5.74, 6) is 0.799. The molecular weight excluding hydrogens is 432 g/mol. The number of carbonyl (C=O) groups excluding carboxylic acids is 1. The second-order valence-corrected chi connectivity index (χ2v) is 7.89. The number of hydrogen-bond donors (Lipinski definition) is 0. The van der Waals surface area contributed by atoms with E-state index in [2.05, 4.69) is 4.98 Å². The first kappa shape index (κ1) is 20.1. The molecule has 0 fully saturated rings. The van der Waals surface area contributed by atoms with Crippen LogP contribution in [0.25, 0.3) is 11.0 Å². The van der Waals surface area contributed by atoms with E-state index in [4.69, 9.17) is 18.6 Å². The number of nitrogens with zero attached hydrogens (tertiary/aromatic N) is 2. The van der Waals surface area contributed by atoms with Crippen LogP contribution < -0.4 is 24.5 Å². The van der Waals surface area contributed by atoms with Crippen LogP contribution in [0.5, 0.6) is 17.2 Å². The van der Waals surface area contributed by atoms with Crippen LogP contribution >= 0.6 is 11.3 Å². The molecular formula is C23H18N2O6S. The molecule has 162 valence electrons. The molecule has 3 heterocycles. The van der Waals surface area contributed by atoms with Gasteiger partial charge in [0, 0.05) is 11.6 Å². The molecule has 1 atom stereocenters. The van der Waals surface area contributed by atoms with Crippen molar-refractivity contribution in [3.8, 4) is 17.2 Å². The van der Waals surface area contributed by atoms with Crippen LogP contribution in [-0.4, -0.2) is 32.2 Å². The number of hydrogen-bond acceptors (Lipinski definition) is 8. The second-order valence-electron chi connectivity index (χ2n) is 7.02. The minimum atomic E-state index is -0.779. The molecule has 1 amide bonds. The number of para-hydroxylation sites is 1. The molecule has 0 bridgehead atoms. The molecule has 1 aliphatic heterocycles. The van der Waals surface area contributed by atoms with Crippen molar-refractivity contribution in [1.29, 1.82) is 0 Å². The molecule has 0 spiro atoms. The minimum Gasteiger partial charge on any atom is -0.493 e. The van der Waals surface area contributed by atoms with E-state index in [-0.39, 0.29) is 16.8 Å². The van der Waals surface area contributed by atoms with Gasteiger partial charge in [0.2, 0.25) is 11.5 Å². The van der Waals surface area contributed by atoms with Crippen molar-refractivity contribution in [2.75, 3.05) is 26.2 Å². The van der Waals surface area contributed by atoms with Crippen LogP contribution in [-0.2, 0) is 0 Å². The van der Waals surface area contributed by atoms with Crippen LogP contribution in [0.15, 0.2) is 57.2 Å². The van der Waals surface area contributed by atoms with E-state index < -0.39 is 11.9 Å². The molecule has 0 radical (unpaired) electrons. The summed E-state index contributed by atoms with van der Waals surface area (Å²) in [7, 11) is 4.53. The zero-order valence-electron chi connectivity index (χ0n) is 17.4. The normalized spacial score (nSPS) is 15.2. The zero-order valence-corrected chi connectivity index (χ0v) is 18.3. The topological polar surface area (TPSA) is 91.1 Å². The molecule has 0 unspecified atom stereocenters. The SMILES string of the molecule is COc1cc([C@H]2c3c(oc4ccccc4c3=O)C(=O)N2c2nccs2)cc(OC)c1OC. The summed E-state index contributed by atoms with van der Waals surface area (Å²) in [5.41, 5.74) is 0.935. The monoisotopic (exact) mass is 450 g/mol. The van der Waals surface area contributed by atoms with Crippen molar-refractivity contribution < 1.29 is 23.4 Å². The smallest absolute Gasteiger partial charge is 0.297 e. The highest BCUT2D eigenvalue weighted by atomic mass is 32.1. The van der Waals surface area contributed by atoms with Crippen molar-refractivity contribution in [3.05, 3.63) is 75.1 Å². The lowest BCUT2D eigenvalue weighted by Crippen LogP contribution is -2.29. The summed E-state index contributed by atoms with van der Waals surface area (Å²) in [6.07, 6.45) is 1.61. The summed E-state index contributed by atoms with van der Waals surface area (Å²) in [4.78, 5) is 32.8. The van der Waals surface area contributed by atoms with Gasteiger partial charge in [-0.2, -0.15) is 0 Å². The maximum Gasteiger partial charge on any atom is 0.297 e. The molecule has 32 heavy (non-hydrogen) atoms. The Hall–Kier alpha value is -3.85. The van der Waals surface area contributed by atoms with Crippen LogP contribution in [0.3, 0.4) is 0 Å². The van der Waals surface area contributed by atoms with Gasteiger partial charge >= 0.3 is 0 Å². The maximum atomic E-state index is 13.6. The Kier molecular flexibility index (Phi) is 4.82. The molecule has 0 N–H and O–H groups in total. The number of amides is 1. The summed E-state index contributed by atoms with van der Waals surface area (Å²) in [5, 5.41) is 2.62. The van der Waals surface area contributed by atoms with E-state index in [9.17, 15) is 9.59 Å². The summed E-state index contributed by atoms with van der Waals surface area (Å²) < 4.78 is 22.4. The predicted molar refractivity (Wildman–Crippen MR) is 119 cm³/mol. The average molecular weight is 450 g/mol. The Morgan fingerprint density at radius 1 is 1.03 bits per heavy atom. The van der Waals surface area contributed by atoms with Crippen molar-refractivity contribution in [2.45, 2.75) is 6.04 Å². The van der Waals surface area contributed by atoms with Gasteiger partial charge in [-0.3, -0.25) is 14.5 Å². The van der Waals surface area contributed by atoms with Gasteiger partial charge in [0.05, 0.1) is 38.3 Å². The third kappa shape index (κ3) is 2.85. The molecule has 9 heteroatoms. The van der Waals surface area contributed by atoms with Crippen molar-refractivity contribution in [2.24, 2.45) is 0 Å². The van der Waals surface area contributed by atoms with Crippen molar-refractivity contribution in [1.82, 2.24) is 4.98 Å². The number of anilines is 1. The number of rotatable bonds is 5. The molecule has 0 saturated heterocycles. The van der Waals surface area contributed by atoms with Crippen molar-refractivity contribution >= 4 is 33.3 Å². The highest BCUT2D eigenvalue weighted by Crippen LogP contribution is 2.46. The van der Waals surface area contributed by atoms with Gasteiger partial charge < -0.3 is 18.6 Å².